The molecule has 3 aromatic heterocycles. The second-order valence-electron chi connectivity index (χ2n) is 11.4. The first-order valence-electron chi connectivity index (χ1n) is 13.4. The number of piperidine rings is 1. The molecular weight excluding hydrogens is 468 g/mol. The van der Waals surface area contributed by atoms with Gasteiger partial charge in [0.15, 0.2) is 0 Å². The van der Waals surface area contributed by atoms with Gasteiger partial charge in [-0.05, 0) is 85.2 Å². The SMILES string of the molecule is C[C@H]1CN(Cc2cc3c(-c4ccc5[nH]ncc5c4)ccnc3n2C)CC[C@H]1c1ccc(C(C)(C)C#N)cc1. The van der Waals surface area contributed by atoms with Gasteiger partial charge in [0, 0.05) is 42.8 Å². The molecule has 0 saturated carbocycles. The highest BCUT2D eigenvalue weighted by molar-refractivity contribution is 5.96. The number of aromatic amines is 1. The first-order valence-corrected chi connectivity index (χ1v) is 13.4. The molecule has 2 aromatic carbocycles. The van der Waals surface area contributed by atoms with Gasteiger partial charge in [0.05, 0.1) is 23.2 Å². The maximum Gasteiger partial charge on any atom is 0.140 e. The molecule has 1 aliphatic rings. The lowest BCUT2D eigenvalue weighted by Gasteiger charge is -2.37. The monoisotopic (exact) mass is 502 g/mol. The number of benzene rings is 2. The Morgan fingerprint density at radius 3 is 2.68 bits per heavy atom. The van der Waals surface area contributed by atoms with Crippen LogP contribution in [0.15, 0.2) is 67.0 Å². The van der Waals surface area contributed by atoms with E-state index in [-0.39, 0.29) is 0 Å². The third-order valence-electron chi connectivity index (χ3n) is 8.49. The molecule has 1 fully saturated rings. The molecule has 1 aliphatic heterocycles. The van der Waals surface area contributed by atoms with E-state index in [4.69, 9.17) is 4.98 Å². The third kappa shape index (κ3) is 4.27. The van der Waals surface area contributed by atoms with Crippen molar-refractivity contribution < 1.29 is 0 Å². The summed E-state index contributed by atoms with van der Waals surface area (Å²) in [6, 6.07) is 22.1. The molecule has 0 amide bonds. The van der Waals surface area contributed by atoms with Crippen LogP contribution in [-0.4, -0.2) is 37.7 Å². The zero-order valence-corrected chi connectivity index (χ0v) is 22.6. The molecule has 0 bridgehead atoms. The summed E-state index contributed by atoms with van der Waals surface area (Å²) in [4.78, 5) is 7.32. The molecule has 38 heavy (non-hydrogen) atoms. The maximum absolute atomic E-state index is 9.46. The zero-order valence-electron chi connectivity index (χ0n) is 22.6. The van der Waals surface area contributed by atoms with Gasteiger partial charge in [-0.3, -0.25) is 10.00 Å². The van der Waals surface area contributed by atoms with Gasteiger partial charge in [-0.1, -0.05) is 37.3 Å². The average Bonchev–Trinajstić information content (AvgIpc) is 3.53. The van der Waals surface area contributed by atoms with Crippen molar-refractivity contribution in [3.05, 3.63) is 83.8 Å². The fourth-order valence-corrected chi connectivity index (χ4v) is 6.10. The highest BCUT2D eigenvalue weighted by atomic mass is 15.2. The van der Waals surface area contributed by atoms with E-state index in [0.717, 1.165) is 48.2 Å². The molecule has 0 unspecified atom stereocenters. The summed E-state index contributed by atoms with van der Waals surface area (Å²) in [6.07, 6.45) is 4.93. The molecule has 6 heteroatoms. The van der Waals surface area contributed by atoms with Gasteiger partial charge in [0.25, 0.3) is 0 Å². The Morgan fingerprint density at radius 1 is 1.11 bits per heavy atom. The van der Waals surface area contributed by atoms with E-state index in [1.165, 1.54) is 27.8 Å². The van der Waals surface area contributed by atoms with Gasteiger partial charge in [0.1, 0.15) is 5.65 Å². The predicted molar refractivity (Wildman–Crippen MR) is 153 cm³/mol. The number of rotatable bonds is 5. The minimum Gasteiger partial charge on any atom is -0.331 e. The van der Waals surface area contributed by atoms with Gasteiger partial charge < -0.3 is 4.57 Å². The molecule has 6 rings (SSSR count). The number of likely N-dealkylation sites (tertiary alicyclic amines) is 1. The number of aromatic nitrogens is 4. The summed E-state index contributed by atoms with van der Waals surface area (Å²) in [5.74, 6) is 1.10. The second-order valence-corrected chi connectivity index (χ2v) is 11.4. The van der Waals surface area contributed by atoms with Crippen molar-refractivity contribution >= 4 is 21.9 Å². The fourth-order valence-electron chi connectivity index (χ4n) is 6.10. The van der Waals surface area contributed by atoms with E-state index < -0.39 is 5.41 Å². The second kappa shape index (κ2) is 9.41. The van der Waals surface area contributed by atoms with Gasteiger partial charge in [0.2, 0.25) is 0 Å². The fraction of sp³-hybridized carbons (Fsp3) is 0.344. The average molecular weight is 503 g/mol. The highest BCUT2D eigenvalue weighted by Gasteiger charge is 2.28. The molecule has 0 radical (unpaired) electrons. The molecule has 6 nitrogen and oxygen atoms in total. The number of hydrogen-bond acceptors (Lipinski definition) is 4. The molecule has 1 saturated heterocycles. The van der Waals surface area contributed by atoms with Crippen molar-refractivity contribution in [3.8, 4) is 17.2 Å². The molecule has 4 heterocycles. The number of nitriles is 1. The van der Waals surface area contributed by atoms with E-state index in [0.29, 0.717) is 11.8 Å². The van der Waals surface area contributed by atoms with E-state index in [9.17, 15) is 5.26 Å². The van der Waals surface area contributed by atoms with E-state index in [1.807, 2.05) is 26.2 Å². The number of hydrogen-bond donors (Lipinski definition) is 1. The minimum absolute atomic E-state index is 0.452. The molecule has 2 atom stereocenters. The van der Waals surface area contributed by atoms with Gasteiger partial charge in [-0.2, -0.15) is 10.4 Å². The van der Waals surface area contributed by atoms with Crippen LogP contribution in [0.3, 0.4) is 0 Å². The number of nitrogens with one attached hydrogen (secondary N) is 1. The Hall–Kier alpha value is -3.95. The van der Waals surface area contributed by atoms with Gasteiger partial charge in [-0.25, -0.2) is 4.98 Å². The number of aryl methyl sites for hydroxylation is 1. The van der Waals surface area contributed by atoms with Crippen LogP contribution in [0, 0.1) is 17.2 Å². The number of nitrogens with zero attached hydrogens (tertiary/aromatic N) is 5. The normalized spacial score (nSPS) is 18.7. The van der Waals surface area contributed by atoms with Crippen molar-refractivity contribution in [1.29, 1.82) is 5.26 Å². The summed E-state index contributed by atoms with van der Waals surface area (Å²) in [5, 5.41) is 19.0. The summed E-state index contributed by atoms with van der Waals surface area (Å²) >= 11 is 0. The number of fused-ring (bicyclic) bond motifs is 2. The van der Waals surface area contributed by atoms with E-state index in [1.54, 1.807) is 0 Å². The molecule has 0 aliphatic carbocycles. The minimum atomic E-state index is -0.452. The summed E-state index contributed by atoms with van der Waals surface area (Å²) < 4.78 is 2.25. The first-order chi connectivity index (χ1) is 18.3. The Balaban J connectivity index is 1.20. The first kappa shape index (κ1) is 24.4. The van der Waals surface area contributed by atoms with E-state index >= 15 is 0 Å². The molecule has 1 N–H and O–H groups in total. The Morgan fingerprint density at radius 2 is 1.92 bits per heavy atom. The highest BCUT2D eigenvalue weighted by Crippen LogP contribution is 2.36. The predicted octanol–water partition coefficient (Wildman–Crippen LogP) is 6.54. The van der Waals surface area contributed by atoms with Gasteiger partial charge in [-0.15, -0.1) is 0 Å². The Labute approximate surface area is 223 Å². The van der Waals surface area contributed by atoms with Crippen LogP contribution >= 0.6 is 0 Å². The standard InChI is InChI=1S/C32H34N6/c1-21-18-38(14-12-27(21)22-5-8-25(9-6-22)32(2,3)20-33)19-26-16-29-28(11-13-34-31(29)37(26)4)23-7-10-30-24(15-23)17-35-36-30/h5-11,13,15-17,21,27H,12,14,18-19H2,1-4H3,(H,35,36)/t21-,27+/m0/s1. The molecule has 0 spiro atoms. The third-order valence-corrected chi connectivity index (χ3v) is 8.49. The van der Waals surface area contributed by atoms with Crippen molar-refractivity contribution in [1.82, 2.24) is 24.6 Å². The number of H-pyrrole nitrogens is 1. The van der Waals surface area contributed by atoms with Crippen LogP contribution in [0.25, 0.3) is 33.1 Å². The van der Waals surface area contributed by atoms with Crippen LogP contribution in [0.4, 0.5) is 0 Å². The van der Waals surface area contributed by atoms with E-state index in [2.05, 4.69) is 94.3 Å². The molecule has 192 valence electrons. The lowest BCUT2D eigenvalue weighted by molar-refractivity contribution is 0.153. The van der Waals surface area contributed by atoms with Crippen molar-refractivity contribution in [3.63, 3.8) is 0 Å². The summed E-state index contributed by atoms with van der Waals surface area (Å²) in [7, 11) is 2.13. The van der Waals surface area contributed by atoms with Crippen molar-refractivity contribution in [2.75, 3.05) is 13.1 Å². The van der Waals surface area contributed by atoms with Crippen LogP contribution in [-0.2, 0) is 19.0 Å². The lowest BCUT2D eigenvalue weighted by atomic mass is 9.79. The quantitative estimate of drug-likeness (QED) is 0.296. The number of pyridine rings is 1. The van der Waals surface area contributed by atoms with Gasteiger partial charge >= 0.3 is 0 Å². The summed E-state index contributed by atoms with van der Waals surface area (Å²) in [5.41, 5.74) is 7.77. The topological polar surface area (TPSA) is 73.5 Å². The zero-order chi connectivity index (χ0) is 26.4. The lowest BCUT2D eigenvalue weighted by Crippen LogP contribution is -2.38. The largest absolute Gasteiger partial charge is 0.331 e. The Kier molecular flexibility index (Phi) is 6.04. The Bertz CT molecular complexity index is 1650. The van der Waals surface area contributed by atoms with Crippen LogP contribution < -0.4 is 0 Å². The van der Waals surface area contributed by atoms with Crippen LogP contribution in [0.1, 0.15) is 49.9 Å². The maximum atomic E-state index is 9.46. The summed E-state index contributed by atoms with van der Waals surface area (Å²) in [6.45, 7) is 9.38. The van der Waals surface area contributed by atoms with Crippen molar-refractivity contribution in [2.45, 2.75) is 45.1 Å². The van der Waals surface area contributed by atoms with Crippen LogP contribution in [0.5, 0.6) is 0 Å². The van der Waals surface area contributed by atoms with Crippen molar-refractivity contribution in [2.24, 2.45) is 13.0 Å². The smallest absolute Gasteiger partial charge is 0.140 e. The molecule has 5 aromatic rings. The van der Waals surface area contributed by atoms with Crippen LogP contribution in [0.2, 0.25) is 0 Å². The molecular formula is C32H34N6.